The molecule has 1 unspecified atom stereocenters. The summed E-state index contributed by atoms with van der Waals surface area (Å²) in [6, 6.07) is 4.06. The lowest BCUT2D eigenvalue weighted by atomic mass is 9.97. The van der Waals surface area contributed by atoms with Gasteiger partial charge in [-0.2, -0.15) is 0 Å². The standard InChI is InChI=1S/C12H18N4/c1-4-6-12(3,13)11-15-14-10-8-9(2)5-7-16(10)11/h5,7-8H,4,6,13H2,1-3H3. The third-order valence-corrected chi connectivity index (χ3v) is 2.85. The number of nitrogens with zero attached hydrogens (tertiary/aromatic N) is 3. The van der Waals surface area contributed by atoms with Crippen LogP contribution in [0.4, 0.5) is 0 Å². The van der Waals surface area contributed by atoms with Crippen molar-refractivity contribution in [1.82, 2.24) is 14.6 Å². The van der Waals surface area contributed by atoms with Crippen molar-refractivity contribution in [3.05, 3.63) is 29.7 Å². The number of aryl methyl sites for hydroxylation is 1. The van der Waals surface area contributed by atoms with Gasteiger partial charge >= 0.3 is 0 Å². The van der Waals surface area contributed by atoms with Gasteiger partial charge in [0.05, 0.1) is 5.54 Å². The van der Waals surface area contributed by atoms with Crippen molar-refractivity contribution in [1.29, 1.82) is 0 Å². The summed E-state index contributed by atoms with van der Waals surface area (Å²) in [5, 5.41) is 8.38. The summed E-state index contributed by atoms with van der Waals surface area (Å²) < 4.78 is 1.97. The molecule has 2 aromatic heterocycles. The van der Waals surface area contributed by atoms with Crippen molar-refractivity contribution in [2.24, 2.45) is 5.73 Å². The van der Waals surface area contributed by atoms with E-state index < -0.39 is 5.54 Å². The molecular weight excluding hydrogens is 200 g/mol. The van der Waals surface area contributed by atoms with Crippen LogP contribution in [0.25, 0.3) is 5.65 Å². The van der Waals surface area contributed by atoms with Gasteiger partial charge in [0.25, 0.3) is 0 Å². The molecule has 0 aliphatic heterocycles. The monoisotopic (exact) mass is 218 g/mol. The lowest BCUT2D eigenvalue weighted by molar-refractivity contribution is 0.416. The Balaban J connectivity index is 2.53. The summed E-state index contributed by atoms with van der Waals surface area (Å²) >= 11 is 0. The lowest BCUT2D eigenvalue weighted by Crippen LogP contribution is -2.35. The highest BCUT2D eigenvalue weighted by atomic mass is 15.3. The molecule has 0 radical (unpaired) electrons. The second-order valence-electron chi connectivity index (χ2n) is 4.62. The molecule has 0 aliphatic rings. The van der Waals surface area contributed by atoms with Crippen LogP contribution in [0.2, 0.25) is 0 Å². The highest BCUT2D eigenvalue weighted by molar-refractivity contribution is 5.41. The Hall–Kier alpha value is -1.42. The van der Waals surface area contributed by atoms with Crippen LogP contribution in [0, 0.1) is 6.92 Å². The molecule has 16 heavy (non-hydrogen) atoms. The first-order chi connectivity index (χ1) is 7.54. The Morgan fingerprint density at radius 2 is 2.19 bits per heavy atom. The molecule has 2 N–H and O–H groups in total. The van der Waals surface area contributed by atoms with Crippen LogP contribution >= 0.6 is 0 Å². The fraction of sp³-hybridized carbons (Fsp3) is 0.500. The summed E-state index contributed by atoms with van der Waals surface area (Å²) in [6.45, 7) is 6.17. The second-order valence-corrected chi connectivity index (χ2v) is 4.62. The Kier molecular flexibility index (Phi) is 2.68. The van der Waals surface area contributed by atoms with Crippen molar-refractivity contribution in [2.75, 3.05) is 0 Å². The molecule has 0 aliphatic carbocycles. The van der Waals surface area contributed by atoms with E-state index in [0.29, 0.717) is 0 Å². The fourth-order valence-corrected chi connectivity index (χ4v) is 2.01. The van der Waals surface area contributed by atoms with Crippen molar-refractivity contribution in [3.63, 3.8) is 0 Å². The van der Waals surface area contributed by atoms with Crippen LogP contribution in [0.15, 0.2) is 18.3 Å². The molecule has 0 amide bonds. The van der Waals surface area contributed by atoms with Crippen LogP contribution in [0.3, 0.4) is 0 Å². The smallest absolute Gasteiger partial charge is 0.161 e. The number of fused-ring (bicyclic) bond motifs is 1. The molecule has 2 rings (SSSR count). The zero-order valence-corrected chi connectivity index (χ0v) is 10.1. The highest BCUT2D eigenvalue weighted by Gasteiger charge is 2.25. The topological polar surface area (TPSA) is 56.2 Å². The summed E-state index contributed by atoms with van der Waals surface area (Å²) in [4.78, 5) is 0. The summed E-state index contributed by atoms with van der Waals surface area (Å²) in [7, 11) is 0. The van der Waals surface area contributed by atoms with E-state index in [2.05, 4.69) is 17.1 Å². The molecule has 2 heterocycles. The van der Waals surface area contributed by atoms with Crippen LogP contribution < -0.4 is 5.73 Å². The third-order valence-electron chi connectivity index (χ3n) is 2.85. The van der Waals surface area contributed by atoms with E-state index in [1.807, 2.05) is 36.6 Å². The van der Waals surface area contributed by atoms with E-state index in [1.54, 1.807) is 0 Å². The molecule has 0 bridgehead atoms. The predicted molar refractivity (Wildman–Crippen MR) is 64.2 cm³/mol. The molecule has 4 heteroatoms. The maximum Gasteiger partial charge on any atom is 0.161 e. The molecule has 86 valence electrons. The largest absolute Gasteiger partial charge is 0.319 e. The zero-order valence-electron chi connectivity index (χ0n) is 10.1. The molecule has 4 nitrogen and oxygen atoms in total. The maximum atomic E-state index is 6.27. The van der Waals surface area contributed by atoms with Crippen LogP contribution in [-0.2, 0) is 5.54 Å². The minimum absolute atomic E-state index is 0.413. The van der Waals surface area contributed by atoms with Gasteiger partial charge in [0.1, 0.15) is 0 Å². The van der Waals surface area contributed by atoms with E-state index in [0.717, 1.165) is 24.3 Å². The Morgan fingerprint density at radius 1 is 1.44 bits per heavy atom. The first-order valence-electron chi connectivity index (χ1n) is 5.65. The van der Waals surface area contributed by atoms with Gasteiger partial charge in [0.15, 0.2) is 11.5 Å². The summed E-state index contributed by atoms with van der Waals surface area (Å²) in [6.07, 6.45) is 3.93. The van der Waals surface area contributed by atoms with Crippen molar-refractivity contribution in [3.8, 4) is 0 Å². The van der Waals surface area contributed by atoms with Crippen molar-refractivity contribution in [2.45, 2.75) is 39.2 Å². The average Bonchev–Trinajstić information content (AvgIpc) is 2.60. The number of rotatable bonds is 3. The Bertz CT molecular complexity index is 499. The SMILES string of the molecule is CCCC(C)(N)c1nnc2cc(C)ccn12. The molecule has 0 saturated carbocycles. The molecular formula is C12H18N4. The van der Waals surface area contributed by atoms with Gasteiger partial charge in [-0.3, -0.25) is 4.40 Å². The fourth-order valence-electron chi connectivity index (χ4n) is 2.01. The molecule has 2 aromatic rings. The predicted octanol–water partition coefficient (Wildman–Crippen LogP) is 2.01. The van der Waals surface area contributed by atoms with Crippen LogP contribution in [0.1, 0.15) is 38.1 Å². The van der Waals surface area contributed by atoms with E-state index in [9.17, 15) is 0 Å². The number of pyridine rings is 1. The summed E-state index contributed by atoms with van der Waals surface area (Å²) in [5.74, 6) is 0.837. The first kappa shape index (κ1) is 11.1. The van der Waals surface area contributed by atoms with Crippen molar-refractivity contribution >= 4 is 5.65 Å². The second kappa shape index (κ2) is 3.87. The van der Waals surface area contributed by atoms with Crippen LogP contribution in [-0.4, -0.2) is 14.6 Å². The van der Waals surface area contributed by atoms with Gasteiger partial charge in [0, 0.05) is 6.20 Å². The maximum absolute atomic E-state index is 6.27. The van der Waals surface area contributed by atoms with Gasteiger partial charge in [-0.15, -0.1) is 10.2 Å². The highest BCUT2D eigenvalue weighted by Crippen LogP contribution is 2.22. The number of hydrogen-bond acceptors (Lipinski definition) is 3. The first-order valence-corrected chi connectivity index (χ1v) is 5.65. The molecule has 0 fully saturated rings. The lowest BCUT2D eigenvalue weighted by Gasteiger charge is -2.21. The summed E-state index contributed by atoms with van der Waals surface area (Å²) in [5.41, 5.74) is 7.91. The van der Waals surface area contributed by atoms with Gasteiger partial charge in [0.2, 0.25) is 0 Å². The average molecular weight is 218 g/mol. The third kappa shape index (κ3) is 1.80. The van der Waals surface area contributed by atoms with E-state index >= 15 is 0 Å². The van der Waals surface area contributed by atoms with Gasteiger partial charge in [-0.25, -0.2) is 0 Å². The molecule has 0 saturated heterocycles. The van der Waals surface area contributed by atoms with Crippen LogP contribution in [0.5, 0.6) is 0 Å². The molecule has 0 spiro atoms. The quantitative estimate of drug-likeness (QED) is 0.857. The minimum atomic E-state index is -0.413. The molecule has 1 atom stereocenters. The number of nitrogens with two attached hydrogens (primary N) is 1. The van der Waals surface area contributed by atoms with Gasteiger partial charge < -0.3 is 5.73 Å². The number of hydrogen-bond donors (Lipinski definition) is 1. The Morgan fingerprint density at radius 3 is 2.88 bits per heavy atom. The van der Waals surface area contributed by atoms with Gasteiger partial charge in [-0.1, -0.05) is 13.3 Å². The normalized spacial score (nSPS) is 15.2. The zero-order chi connectivity index (χ0) is 11.8. The van der Waals surface area contributed by atoms with Gasteiger partial charge in [-0.05, 0) is 38.0 Å². The number of aromatic nitrogens is 3. The van der Waals surface area contributed by atoms with Crippen molar-refractivity contribution < 1.29 is 0 Å². The van der Waals surface area contributed by atoms with E-state index in [4.69, 9.17) is 5.73 Å². The minimum Gasteiger partial charge on any atom is -0.319 e. The molecule has 0 aromatic carbocycles. The van der Waals surface area contributed by atoms with E-state index in [-0.39, 0.29) is 0 Å². The van der Waals surface area contributed by atoms with E-state index in [1.165, 1.54) is 5.56 Å². The Labute approximate surface area is 95.5 Å².